The molecule has 0 radical (unpaired) electrons. The quantitative estimate of drug-likeness (QED) is 0.841. The Kier molecular flexibility index (Phi) is 5.92. The van der Waals surface area contributed by atoms with Crippen molar-refractivity contribution >= 4 is 40.9 Å². The maximum atomic E-state index is 12.4. The van der Waals surface area contributed by atoms with E-state index in [1.165, 1.54) is 11.8 Å². The Labute approximate surface area is 157 Å². The molecule has 1 aromatic rings. The number of carbonyl (C=O) groups is 2. The molecule has 2 N–H and O–H groups in total. The summed E-state index contributed by atoms with van der Waals surface area (Å²) in [6.07, 6.45) is 2.13. The second kappa shape index (κ2) is 7.98. The Morgan fingerprint density at radius 2 is 2.12 bits per heavy atom. The Morgan fingerprint density at radius 1 is 1.40 bits per heavy atom. The van der Waals surface area contributed by atoms with Gasteiger partial charge in [0.25, 0.3) is 0 Å². The molecule has 25 heavy (non-hydrogen) atoms. The first kappa shape index (κ1) is 18.5. The van der Waals surface area contributed by atoms with Crippen LogP contribution in [0.3, 0.4) is 0 Å². The second-order valence-corrected chi connectivity index (χ2v) is 8.59. The number of hydrogen-bond acceptors (Lipinski definition) is 4. The molecule has 0 saturated carbocycles. The molecule has 1 fully saturated rings. The van der Waals surface area contributed by atoms with Crippen LogP contribution in [0, 0.1) is 0 Å². The van der Waals surface area contributed by atoms with E-state index in [1.54, 1.807) is 12.1 Å². The van der Waals surface area contributed by atoms with Crippen molar-refractivity contribution in [3.05, 3.63) is 23.2 Å². The highest BCUT2D eigenvalue weighted by atomic mass is 35.5. The molecule has 5 nitrogen and oxygen atoms in total. The van der Waals surface area contributed by atoms with Gasteiger partial charge in [0.2, 0.25) is 11.8 Å². The fourth-order valence-corrected chi connectivity index (χ4v) is 4.54. The molecule has 2 amide bonds. The zero-order chi connectivity index (χ0) is 18.0. The monoisotopic (exact) mass is 381 g/mol. The number of likely N-dealkylation sites (tertiary alicyclic amines) is 1. The lowest BCUT2D eigenvalue weighted by atomic mass is 10.0. The molecule has 3 rings (SSSR count). The van der Waals surface area contributed by atoms with Gasteiger partial charge >= 0.3 is 0 Å². The summed E-state index contributed by atoms with van der Waals surface area (Å²) in [5.74, 6) is -0.183. The number of fused-ring (bicyclic) bond motifs is 1. The Bertz CT molecular complexity index is 660. The molecule has 0 aromatic heterocycles. The predicted octanol–water partition coefficient (Wildman–Crippen LogP) is 3.13. The largest absolute Gasteiger partial charge is 0.353 e. The van der Waals surface area contributed by atoms with E-state index >= 15 is 0 Å². The molecule has 136 valence electrons. The molecule has 1 saturated heterocycles. The van der Waals surface area contributed by atoms with Gasteiger partial charge in [-0.3, -0.25) is 9.59 Å². The fraction of sp³-hybridized carbons (Fsp3) is 0.556. The number of nitrogens with zero attached hydrogens (tertiary/aromatic N) is 1. The van der Waals surface area contributed by atoms with Crippen molar-refractivity contribution in [2.45, 2.75) is 55.3 Å². The van der Waals surface area contributed by atoms with Crippen LogP contribution in [0.25, 0.3) is 0 Å². The molecule has 7 heteroatoms. The van der Waals surface area contributed by atoms with Crippen molar-refractivity contribution in [3.63, 3.8) is 0 Å². The number of amides is 2. The lowest BCUT2D eigenvalue weighted by molar-refractivity contribution is -0.124. The van der Waals surface area contributed by atoms with E-state index in [1.807, 2.05) is 6.07 Å². The van der Waals surface area contributed by atoms with Gasteiger partial charge in [0.15, 0.2) is 0 Å². The fourth-order valence-electron chi connectivity index (χ4n) is 3.27. The van der Waals surface area contributed by atoms with E-state index in [9.17, 15) is 9.59 Å². The highest BCUT2D eigenvalue weighted by molar-refractivity contribution is 8.01. The third-order valence-electron chi connectivity index (χ3n) is 4.76. The van der Waals surface area contributed by atoms with Gasteiger partial charge < -0.3 is 15.5 Å². The maximum absolute atomic E-state index is 12.4. The van der Waals surface area contributed by atoms with Crippen molar-refractivity contribution < 1.29 is 9.59 Å². The van der Waals surface area contributed by atoms with E-state index < -0.39 is 5.25 Å². The van der Waals surface area contributed by atoms with Gasteiger partial charge in [-0.15, -0.1) is 11.8 Å². The number of thioether (sulfide) groups is 1. The molecule has 1 atom stereocenters. The SMILES string of the molecule is CC(C)N1CCC(NC(=O)CC2Sc3ccc(Cl)cc3NC2=O)CC1. The highest BCUT2D eigenvalue weighted by Crippen LogP contribution is 2.38. The molecular weight excluding hydrogens is 358 g/mol. The lowest BCUT2D eigenvalue weighted by Crippen LogP contribution is -2.47. The van der Waals surface area contributed by atoms with Crippen LogP contribution in [0.2, 0.25) is 5.02 Å². The van der Waals surface area contributed by atoms with E-state index in [0.717, 1.165) is 36.5 Å². The van der Waals surface area contributed by atoms with Crippen molar-refractivity contribution in [1.82, 2.24) is 10.2 Å². The number of benzene rings is 1. The van der Waals surface area contributed by atoms with E-state index in [0.29, 0.717) is 11.1 Å². The average molecular weight is 382 g/mol. The van der Waals surface area contributed by atoms with Gasteiger partial charge in [-0.25, -0.2) is 0 Å². The summed E-state index contributed by atoms with van der Waals surface area (Å²) in [6, 6.07) is 6.18. The molecule has 0 bridgehead atoms. The maximum Gasteiger partial charge on any atom is 0.238 e. The number of carbonyl (C=O) groups excluding carboxylic acids is 2. The van der Waals surface area contributed by atoms with Gasteiger partial charge in [-0.05, 0) is 44.9 Å². The predicted molar refractivity (Wildman–Crippen MR) is 102 cm³/mol. The minimum Gasteiger partial charge on any atom is -0.353 e. The highest BCUT2D eigenvalue weighted by Gasteiger charge is 2.30. The molecule has 0 spiro atoms. The molecule has 1 unspecified atom stereocenters. The van der Waals surface area contributed by atoms with E-state index in [2.05, 4.69) is 29.4 Å². The van der Waals surface area contributed by atoms with Gasteiger partial charge in [0.1, 0.15) is 0 Å². The summed E-state index contributed by atoms with van der Waals surface area (Å²) in [7, 11) is 0. The summed E-state index contributed by atoms with van der Waals surface area (Å²) in [4.78, 5) is 28.0. The number of nitrogens with one attached hydrogen (secondary N) is 2. The number of anilines is 1. The second-order valence-electron chi connectivity index (χ2n) is 6.91. The standard InChI is InChI=1S/C18H24ClN3O2S/c1-11(2)22-7-5-13(6-8-22)20-17(23)10-16-18(24)21-14-9-12(19)3-4-15(14)25-16/h3-4,9,11,13,16H,5-8,10H2,1-2H3,(H,20,23)(H,21,24). The average Bonchev–Trinajstić information content (AvgIpc) is 2.56. The van der Waals surface area contributed by atoms with Crippen LogP contribution in [-0.2, 0) is 9.59 Å². The first-order valence-corrected chi connectivity index (χ1v) is 9.98. The third kappa shape index (κ3) is 4.68. The molecule has 2 aliphatic heterocycles. The first-order chi connectivity index (χ1) is 11.9. The van der Waals surface area contributed by atoms with Crippen LogP contribution >= 0.6 is 23.4 Å². The number of piperidine rings is 1. The Morgan fingerprint density at radius 3 is 2.80 bits per heavy atom. The van der Waals surface area contributed by atoms with E-state index in [4.69, 9.17) is 11.6 Å². The van der Waals surface area contributed by atoms with Crippen LogP contribution in [0.15, 0.2) is 23.1 Å². The molecule has 2 heterocycles. The number of halogens is 1. The minimum absolute atomic E-state index is 0.0481. The molecular formula is C18H24ClN3O2S. The van der Waals surface area contributed by atoms with Crippen molar-refractivity contribution in [2.75, 3.05) is 18.4 Å². The summed E-state index contributed by atoms with van der Waals surface area (Å²) >= 11 is 7.38. The lowest BCUT2D eigenvalue weighted by Gasteiger charge is -2.35. The third-order valence-corrected chi connectivity index (χ3v) is 6.27. The summed E-state index contributed by atoms with van der Waals surface area (Å²) < 4.78 is 0. The molecule has 1 aromatic carbocycles. The van der Waals surface area contributed by atoms with Crippen molar-refractivity contribution in [1.29, 1.82) is 0 Å². The Hall–Kier alpha value is -1.24. The van der Waals surface area contributed by atoms with Crippen LogP contribution in [0.4, 0.5) is 5.69 Å². The summed E-state index contributed by atoms with van der Waals surface area (Å²) in [5, 5.41) is 6.13. The van der Waals surface area contributed by atoms with Crippen molar-refractivity contribution in [3.8, 4) is 0 Å². The van der Waals surface area contributed by atoms with E-state index in [-0.39, 0.29) is 24.3 Å². The normalized spacial score (nSPS) is 21.8. The van der Waals surface area contributed by atoms with Crippen LogP contribution < -0.4 is 10.6 Å². The van der Waals surface area contributed by atoms with Crippen LogP contribution in [0.1, 0.15) is 33.1 Å². The van der Waals surface area contributed by atoms with Crippen LogP contribution in [0.5, 0.6) is 0 Å². The van der Waals surface area contributed by atoms with Gasteiger partial charge in [-0.2, -0.15) is 0 Å². The van der Waals surface area contributed by atoms with Crippen molar-refractivity contribution in [2.24, 2.45) is 0 Å². The summed E-state index contributed by atoms with van der Waals surface area (Å²) in [6.45, 7) is 6.41. The first-order valence-electron chi connectivity index (χ1n) is 8.73. The number of hydrogen-bond donors (Lipinski definition) is 2. The van der Waals surface area contributed by atoms with Gasteiger partial charge in [0, 0.05) is 41.5 Å². The molecule has 2 aliphatic rings. The minimum atomic E-state index is -0.399. The van der Waals surface area contributed by atoms with Gasteiger partial charge in [-0.1, -0.05) is 11.6 Å². The zero-order valence-corrected chi connectivity index (χ0v) is 16.1. The topological polar surface area (TPSA) is 61.4 Å². The zero-order valence-electron chi connectivity index (χ0n) is 14.5. The number of rotatable bonds is 4. The Balaban J connectivity index is 1.52. The summed E-state index contributed by atoms with van der Waals surface area (Å²) in [5.41, 5.74) is 0.722. The smallest absolute Gasteiger partial charge is 0.238 e. The molecule has 0 aliphatic carbocycles. The van der Waals surface area contributed by atoms with Gasteiger partial charge in [0.05, 0.1) is 10.9 Å². The van der Waals surface area contributed by atoms with Crippen LogP contribution in [-0.4, -0.2) is 47.1 Å².